The number of fused-ring (bicyclic) bond motifs is 1. The minimum atomic E-state index is -0.919. The quantitative estimate of drug-likeness (QED) is 0.564. The highest BCUT2D eigenvalue weighted by Gasteiger charge is 2.56. The van der Waals surface area contributed by atoms with Crippen molar-refractivity contribution in [3.8, 4) is 0 Å². The summed E-state index contributed by atoms with van der Waals surface area (Å²) in [7, 11) is 0. The van der Waals surface area contributed by atoms with Gasteiger partial charge in [0.15, 0.2) is 5.13 Å². The Hall–Kier alpha value is -2.74. The smallest absolute Gasteiger partial charge is 0.323 e. The molecule has 8 heteroatoms. The predicted molar refractivity (Wildman–Crippen MR) is 122 cm³/mol. The lowest BCUT2D eigenvalue weighted by atomic mass is 9.64. The zero-order valence-corrected chi connectivity index (χ0v) is 19.0. The normalized spacial score (nSPS) is 25.1. The van der Waals surface area contributed by atoms with Gasteiger partial charge in [0.1, 0.15) is 12.1 Å². The van der Waals surface area contributed by atoms with Crippen LogP contribution in [0, 0.1) is 11.3 Å². The summed E-state index contributed by atoms with van der Waals surface area (Å²) in [6, 6.07) is 7.15. The monoisotopic (exact) mass is 440 g/mol. The summed E-state index contributed by atoms with van der Waals surface area (Å²) >= 11 is 1.40. The fourth-order valence-electron chi connectivity index (χ4n) is 5.26. The van der Waals surface area contributed by atoms with Crippen LogP contribution in [0.5, 0.6) is 0 Å². The van der Waals surface area contributed by atoms with Gasteiger partial charge in [0.05, 0.1) is 10.2 Å². The van der Waals surface area contributed by atoms with E-state index in [0.717, 1.165) is 21.5 Å². The van der Waals surface area contributed by atoms with Crippen LogP contribution >= 0.6 is 11.3 Å². The number of carbonyl (C=O) groups is 3. The third-order valence-electron chi connectivity index (χ3n) is 6.04. The average Bonchev–Trinajstić information content (AvgIpc) is 3.19. The van der Waals surface area contributed by atoms with E-state index in [1.807, 2.05) is 24.3 Å². The molecule has 2 atom stereocenters. The van der Waals surface area contributed by atoms with Crippen LogP contribution in [0.3, 0.4) is 0 Å². The molecule has 1 N–H and O–H groups in total. The zero-order valence-electron chi connectivity index (χ0n) is 18.2. The van der Waals surface area contributed by atoms with Crippen LogP contribution in [0.1, 0.15) is 40.0 Å². The minimum absolute atomic E-state index is 0.0590. The van der Waals surface area contributed by atoms with Crippen LogP contribution in [0.4, 0.5) is 9.93 Å². The van der Waals surface area contributed by atoms with Crippen LogP contribution in [-0.2, 0) is 9.59 Å². The van der Waals surface area contributed by atoms with Gasteiger partial charge in [-0.3, -0.25) is 19.4 Å². The molecule has 31 heavy (non-hydrogen) atoms. The number of benzene rings is 1. The minimum Gasteiger partial charge on any atom is -0.323 e. The molecule has 2 aromatic rings. The van der Waals surface area contributed by atoms with Gasteiger partial charge in [-0.2, -0.15) is 0 Å². The second-order valence-electron chi connectivity index (χ2n) is 9.52. The number of urea groups is 1. The highest BCUT2D eigenvalue weighted by molar-refractivity contribution is 7.22. The number of nitrogens with one attached hydrogen (secondary N) is 1. The topological polar surface area (TPSA) is 82.6 Å². The fourth-order valence-corrected chi connectivity index (χ4v) is 6.25. The van der Waals surface area contributed by atoms with Crippen molar-refractivity contribution in [2.24, 2.45) is 11.3 Å². The van der Waals surface area contributed by atoms with Gasteiger partial charge in [-0.15, -0.1) is 6.58 Å². The Morgan fingerprint density at radius 3 is 2.77 bits per heavy atom. The first kappa shape index (κ1) is 21.5. The largest absolute Gasteiger partial charge is 0.325 e. The first-order chi connectivity index (χ1) is 14.6. The summed E-state index contributed by atoms with van der Waals surface area (Å²) in [5.74, 6) is -0.348. The molecule has 1 aromatic carbocycles. The summed E-state index contributed by atoms with van der Waals surface area (Å²) in [5, 5.41) is 3.45. The summed E-state index contributed by atoms with van der Waals surface area (Å²) in [4.78, 5) is 46.4. The molecule has 1 aliphatic carbocycles. The molecule has 2 fully saturated rings. The van der Waals surface area contributed by atoms with Crippen LogP contribution < -0.4 is 10.2 Å². The average molecular weight is 441 g/mol. The first-order valence-electron chi connectivity index (χ1n) is 10.6. The number of rotatable bonds is 5. The molecular formula is C23H28N4O3S. The highest BCUT2D eigenvalue weighted by atomic mass is 32.1. The lowest BCUT2D eigenvalue weighted by molar-refractivity contribution is -0.137. The van der Waals surface area contributed by atoms with Gasteiger partial charge < -0.3 is 5.32 Å². The number of amides is 4. The number of hydrogen-bond donors (Lipinski definition) is 1. The Balaban J connectivity index is 1.57. The molecule has 2 heterocycles. The number of imide groups is 1. The van der Waals surface area contributed by atoms with E-state index in [1.165, 1.54) is 16.2 Å². The maximum atomic E-state index is 13.4. The van der Waals surface area contributed by atoms with Crippen LogP contribution in [0.25, 0.3) is 10.2 Å². The lowest BCUT2D eigenvalue weighted by Gasteiger charge is -2.43. The number of hydrogen-bond acceptors (Lipinski definition) is 5. The maximum Gasteiger partial charge on any atom is 0.325 e. The number of anilines is 1. The fraction of sp³-hybridized carbons (Fsp3) is 0.478. The Labute approximate surface area is 186 Å². The molecule has 1 saturated heterocycles. The molecule has 4 amide bonds. The number of aromatic nitrogens is 1. The molecule has 7 nitrogen and oxygen atoms in total. The Morgan fingerprint density at radius 2 is 2.10 bits per heavy atom. The number of carbonyl (C=O) groups excluding carboxylic acids is 3. The molecular weight excluding hydrogens is 412 g/mol. The standard InChI is InChI=1S/C23H28N4O3S/c1-5-10-26(21-24-16-8-6-7-9-17(16)31-21)18(28)13-27-19(29)23(25-20(27)30)12-15(2)11-22(3,4)14-23/h5-9,15H,1,10-14H2,2-4H3,(H,25,30). The van der Waals surface area contributed by atoms with Gasteiger partial charge in [0.25, 0.3) is 5.91 Å². The van der Waals surface area contributed by atoms with Crippen LogP contribution in [0.15, 0.2) is 36.9 Å². The maximum absolute atomic E-state index is 13.4. The number of thiazole rings is 1. The first-order valence-corrected chi connectivity index (χ1v) is 11.4. The van der Waals surface area contributed by atoms with E-state index in [1.54, 1.807) is 6.08 Å². The number of para-hydroxylation sites is 1. The van der Waals surface area contributed by atoms with Gasteiger partial charge in [0, 0.05) is 6.54 Å². The third-order valence-corrected chi connectivity index (χ3v) is 7.10. The Kier molecular flexibility index (Phi) is 5.37. The van der Waals surface area contributed by atoms with E-state index in [2.05, 4.69) is 37.7 Å². The van der Waals surface area contributed by atoms with E-state index >= 15 is 0 Å². The summed E-state index contributed by atoms with van der Waals surface area (Å²) in [6.45, 7) is 10.0. The van der Waals surface area contributed by atoms with Gasteiger partial charge in [-0.1, -0.05) is 50.3 Å². The Bertz CT molecular complexity index is 1030. The molecule has 1 aromatic heterocycles. The van der Waals surface area contributed by atoms with Crippen molar-refractivity contribution in [2.75, 3.05) is 18.0 Å². The summed E-state index contributed by atoms with van der Waals surface area (Å²) in [6.07, 6.45) is 3.79. The van der Waals surface area contributed by atoms with E-state index in [9.17, 15) is 14.4 Å². The molecule has 1 spiro atoms. The van der Waals surface area contributed by atoms with Crippen LogP contribution in [0.2, 0.25) is 0 Å². The second kappa shape index (κ2) is 7.75. The SMILES string of the molecule is C=CCN(C(=O)CN1C(=O)NC2(CC(C)CC(C)(C)C2)C1=O)c1nc2ccccc2s1. The van der Waals surface area contributed by atoms with E-state index in [-0.39, 0.29) is 30.3 Å². The highest BCUT2D eigenvalue weighted by Crippen LogP contribution is 2.46. The van der Waals surface area contributed by atoms with Crippen molar-refractivity contribution >= 4 is 44.5 Å². The van der Waals surface area contributed by atoms with E-state index < -0.39 is 11.6 Å². The summed E-state index contributed by atoms with van der Waals surface area (Å²) in [5.41, 5.74) is -0.175. The van der Waals surface area contributed by atoms with Crippen LogP contribution in [-0.4, -0.2) is 46.4 Å². The second-order valence-corrected chi connectivity index (χ2v) is 10.5. The van der Waals surface area contributed by atoms with Crippen molar-refractivity contribution in [2.45, 2.75) is 45.6 Å². The van der Waals surface area contributed by atoms with Crippen molar-refractivity contribution in [3.63, 3.8) is 0 Å². The molecule has 1 aliphatic heterocycles. The van der Waals surface area contributed by atoms with E-state index in [0.29, 0.717) is 23.9 Å². The molecule has 2 unspecified atom stereocenters. The van der Waals surface area contributed by atoms with Gasteiger partial charge >= 0.3 is 6.03 Å². The van der Waals surface area contributed by atoms with Crippen molar-refractivity contribution in [3.05, 3.63) is 36.9 Å². The lowest BCUT2D eigenvalue weighted by Crippen LogP contribution is -2.54. The van der Waals surface area contributed by atoms with Crippen molar-refractivity contribution < 1.29 is 14.4 Å². The molecule has 4 rings (SSSR count). The molecule has 0 bridgehead atoms. The molecule has 0 radical (unpaired) electrons. The van der Waals surface area contributed by atoms with Gasteiger partial charge in [0.2, 0.25) is 5.91 Å². The van der Waals surface area contributed by atoms with Gasteiger partial charge in [-0.25, -0.2) is 9.78 Å². The molecule has 2 aliphatic rings. The molecule has 1 saturated carbocycles. The number of nitrogens with zero attached hydrogens (tertiary/aromatic N) is 3. The Morgan fingerprint density at radius 1 is 1.35 bits per heavy atom. The zero-order chi connectivity index (χ0) is 22.4. The van der Waals surface area contributed by atoms with Gasteiger partial charge in [-0.05, 0) is 42.7 Å². The third kappa shape index (κ3) is 3.96. The summed E-state index contributed by atoms with van der Waals surface area (Å²) < 4.78 is 0.965. The van der Waals surface area contributed by atoms with E-state index in [4.69, 9.17) is 0 Å². The molecule has 164 valence electrons. The van der Waals surface area contributed by atoms with Crippen molar-refractivity contribution in [1.29, 1.82) is 0 Å². The predicted octanol–water partition coefficient (Wildman–Crippen LogP) is 3.95. The van der Waals surface area contributed by atoms with Crippen molar-refractivity contribution in [1.82, 2.24) is 15.2 Å².